The van der Waals surface area contributed by atoms with Gasteiger partial charge in [-0.3, -0.25) is 9.59 Å². The fourth-order valence-corrected chi connectivity index (χ4v) is 2.46. The van der Waals surface area contributed by atoms with Gasteiger partial charge in [-0.15, -0.1) is 0 Å². The van der Waals surface area contributed by atoms with Gasteiger partial charge >= 0.3 is 12.0 Å². The van der Waals surface area contributed by atoms with Crippen LogP contribution < -0.4 is 10.6 Å². The molecule has 1 aliphatic rings. The van der Waals surface area contributed by atoms with E-state index < -0.39 is 5.97 Å². The van der Waals surface area contributed by atoms with Crippen molar-refractivity contribution in [3.05, 3.63) is 0 Å². The van der Waals surface area contributed by atoms with Gasteiger partial charge in [-0.1, -0.05) is 6.42 Å². The first-order valence-corrected chi connectivity index (χ1v) is 6.88. The van der Waals surface area contributed by atoms with Crippen LogP contribution in [0.2, 0.25) is 0 Å². The lowest BCUT2D eigenvalue weighted by Gasteiger charge is -2.21. The third kappa shape index (κ3) is 4.71. The predicted octanol–water partition coefficient (Wildman–Crippen LogP) is 0.265. The average Bonchev–Trinajstić information content (AvgIpc) is 2.90. The maximum absolute atomic E-state index is 11.8. The molecule has 20 heavy (non-hydrogen) atoms. The maximum atomic E-state index is 11.8. The third-order valence-electron chi connectivity index (χ3n) is 3.79. The molecule has 7 heteroatoms. The second-order valence-electron chi connectivity index (χ2n) is 5.17. The summed E-state index contributed by atoms with van der Waals surface area (Å²) in [4.78, 5) is 35.4. The fourth-order valence-electron chi connectivity index (χ4n) is 2.46. The van der Waals surface area contributed by atoms with E-state index in [0.29, 0.717) is 19.5 Å². The molecule has 0 heterocycles. The fraction of sp³-hybridized carbons (Fsp3) is 0.769. The average molecular weight is 285 g/mol. The molecule has 0 aromatic rings. The molecule has 1 saturated carbocycles. The van der Waals surface area contributed by atoms with Gasteiger partial charge < -0.3 is 20.6 Å². The summed E-state index contributed by atoms with van der Waals surface area (Å²) in [5.74, 6) is -1.25. The van der Waals surface area contributed by atoms with Crippen molar-refractivity contribution < 1.29 is 19.5 Å². The van der Waals surface area contributed by atoms with Gasteiger partial charge in [0.15, 0.2) is 0 Å². The van der Waals surface area contributed by atoms with E-state index in [1.165, 1.54) is 4.90 Å². The van der Waals surface area contributed by atoms with Crippen LogP contribution in [-0.2, 0) is 9.59 Å². The molecular formula is C13H23N3O4. The summed E-state index contributed by atoms with van der Waals surface area (Å²) < 4.78 is 0. The number of hydrogen-bond acceptors (Lipinski definition) is 3. The van der Waals surface area contributed by atoms with Gasteiger partial charge in [0.1, 0.15) is 0 Å². The largest absolute Gasteiger partial charge is 0.481 e. The summed E-state index contributed by atoms with van der Waals surface area (Å²) in [7, 11) is 3.16. The molecule has 0 aliphatic heterocycles. The van der Waals surface area contributed by atoms with Crippen molar-refractivity contribution in [2.24, 2.45) is 11.8 Å². The molecule has 7 nitrogen and oxygen atoms in total. The Balaban J connectivity index is 2.31. The van der Waals surface area contributed by atoms with Gasteiger partial charge in [0.25, 0.3) is 0 Å². The molecule has 0 bridgehead atoms. The number of carbonyl (C=O) groups excluding carboxylic acids is 2. The van der Waals surface area contributed by atoms with Crippen LogP contribution in [0.5, 0.6) is 0 Å². The van der Waals surface area contributed by atoms with E-state index in [9.17, 15) is 14.4 Å². The highest BCUT2D eigenvalue weighted by Crippen LogP contribution is 2.31. The SMILES string of the molecule is CNC(=O)CCN(C)C(=O)NCC1CCCC1C(=O)O. The zero-order chi connectivity index (χ0) is 15.1. The van der Waals surface area contributed by atoms with Gasteiger partial charge in [-0.05, 0) is 18.8 Å². The van der Waals surface area contributed by atoms with Gasteiger partial charge in [-0.25, -0.2) is 4.79 Å². The molecule has 1 rings (SSSR count). The molecule has 2 unspecified atom stereocenters. The molecule has 2 atom stereocenters. The number of hydrogen-bond donors (Lipinski definition) is 3. The number of carboxylic acid groups (broad SMARTS) is 1. The third-order valence-corrected chi connectivity index (χ3v) is 3.79. The zero-order valence-corrected chi connectivity index (χ0v) is 12.0. The van der Waals surface area contributed by atoms with E-state index in [-0.39, 0.29) is 30.2 Å². The Bertz CT molecular complexity index is 373. The lowest BCUT2D eigenvalue weighted by Crippen LogP contribution is -2.42. The van der Waals surface area contributed by atoms with E-state index >= 15 is 0 Å². The van der Waals surface area contributed by atoms with Gasteiger partial charge in [0.2, 0.25) is 5.91 Å². The van der Waals surface area contributed by atoms with Crippen LogP contribution in [0.3, 0.4) is 0 Å². The van der Waals surface area contributed by atoms with E-state index in [2.05, 4.69) is 10.6 Å². The van der Waals surface area contributed by atoms with Crippen LogP contribution in [0.25, 0.3) is 0 Å². The molecule has 0 spiro atoms. The number of carboxylic acids is 1. The molecular weight excluding hydrogens is 262 g/mol. The van der Waals surface area contributed by atoms with E-state index in [1.54, 1.807) is 14.1 Å². The molecule has 0 radical (unpaired) electrons. The molecule has 1 fully saturated rings. The number of aliphatic carboxylic acids is 1. The van der Waals surface area contributed by atoms with Crippen LogP contribution in [-0.4, -0.2) is 55.1 Å². The maximum Gasteiger partial charge on any atom is 0.317 e. The minimum Gasteiger partial charge on any atom is -0.481 e. The van der Waals surface area contributed by atoms with Crippen molar-refractivity contribution in [3.8, 4) is 0 Å². The quantitative estimate of drug-likeness (QED) is 0.652. The van der Waals surface area contributed by atoms with Crippen LogP contribution >= 0.6 is 0 Å². The minimum absolute atomic E-state index is 0.00351. The van der Waals surface area contributed by atoms with Crippen molar-refractivity contribution in [1.29, 1.82) is 0 Å². The number of rotatable bonds is 6. The number of nitrogens with zero attached hydrogens (tertiary/aromatic N) is 1. The number of carbonyl (C=O) groups is 3. The normalized spacial score (nSPS) is 21.3. The number of urea groups is 1. The number of nitrogens with one attached hydrogen (secondary N) is 2. The van der Waals surface area contributed by atoms with Crippen molar-refractivity contribution in [2.75, 3.05) is 27.2 Å². The lowest BCUT2D eigenvalue weighted by molar-refractivity contribution is -0.142. The van der Waals surface area contributed by atoms with Gasteiger partial charge in [0.05, 0.1) is 5.92 Å². The van der Waals surface area contributed by atoms with Crippen molar-refractivity contribution >= 4 is 17.9 Å². The Hall–Kier alpha value is -1.79. The molecule has 0 saturated heterocycles. The Kier molecular flexibility index (Phi) is 6.27. The van der Waals surface area contributed by atoms with Gasteiger partial charge in [0, 0.05) is 33.6 Å². The van der Waals surface area contributed by atoms with Crippen molar-refractivity contribution in [1.82, 2.24) is 15.5 Å². The predicted molar refractivity (Wildman–Crippen MR) is 73.2 cm³/mol. The second kappa shape index (κ2) is 7.72. The second-order valence-corrected chi connectivity index (χ2v) is 5.17. The van der Waals surface area contributed by atoms with Crippen LogP contribution in [0, 0.1) is 11.8 Å². The van der Waals surface area contributed by atoms with Crippen LogP contribution in [0.4, 0.5) is 4.79 Å². The summed E-state index contributed by atoms with van der Waals surface area (Å²) >= 11 is 0. The summed E-state index contributed by atoms with van der Waals surface area (Å²) in [6, 6.07) is -0.273. The van der Waals surface area contributed by atoms with E-state index in [1.807, 2.05) is 0 Å². The lowest BCUT2D eigenvalue weighted by atomic mass is 9.96. The first-order chi connectivity index (χ1) is 9.45. The standard InChI is InChI=1S/C13H23N3O4/c1-14-11(17)6-7-16(2)13(20)15-8-9-4-3-5-10(9)12(18)19/h9-10H,3-8H2,1-2H3,(H,14,17)(H,15,20)(H,18,19). The van der Waals surface area contributed by atoms with Crippen LogP contribution in [0.15, 0.2) is 0 Å². The Morgan fingerprint density at radius 2 is 2.00 bits per heavy atom. The molecule has 0 aromatic carbocycles. The Morgan fingerprint density at radius 3 is 2.60 bits per heavy atom. The zero-order valence-electron chi connectivity index (χ0n) is 12.0. The van der Waals surface area contributed by atoms with Crippen LogP contribution in [0.1, 0.15) is 25.7 Å². The highest BCUT2D eigenvalue weighted by Gasteiger charge is 2.32. The molecule has 114 valence electrons. The smallest absolute Gasteiger partial charge is 0.317 e. The molecule has 0 aromatic heterocycles. The topological polar surface area (TPSA) is 98.7 Å². The highest BCUT2D eigenvalue weighted by molar-refractivity contribution is 5.78. The molecule has 3 amide bonds. The van der Waals surface area contributed by atoms with Gasteiger partial charge in [-0.2, -0.15) is 0 Å². The Morgan fingerprint density at radius 1 is 1.30 bits per heavy atom. The van der Waals surface area contributed by atoms with E-state index in [0.717, 1.165) is 12.8 Å². The summed E-state index contributed by atoms with van der Waals surface area (Å²) in [5.41, 5.74) is 0. The first-order valence-electron chi connectivity index (χ1n) is 6.88. The van der Waals surface area contributed by atoms with Crippen molar-refractivity contribution in [3.63, 3.8) is 0 Å². The Labute approximate surface area is 118 Å². The first kappa shape index (κ1) is 16.3. The summed E-state index contributed by atoms with van der Waals surface area (Å²) in [6.07, 6.45) is 2.66. The summed E-state index contributed by atoms with van der Waals surface area (Å²) in [5, 5.41) is 14.3. The van der Waals surface area contributed by atoms with Crippen molar-refractivity contribution in [2.45, 2.75) is 25.7 Å². The number of amides is 3. The monoisotopic (exact) mass is 285 g/mol. The summed E-state index contributed by atoms with van der Waals surface area (Å²) in [6.45, 7) is 0.707. The molecule has 3 N–H and O–H groups in total. The van der Waals surface area contributed by atoms with E-state index in [4.69, 9.17) is 5.11 Å². The molecule has 1 aliphatic carbocycles. The minimum atomic E-state index is -0.783. The highest BCUT2D eigenvalue weighted by atomic mass is 16.4.